The van der Waals surface area contributed by atoms with Crippen molar-refractivity contribution in [3.63, 3.8) is 0 Å². The summed E-state index contributed by atoms with van der Waals surface area (Å²) in [7, 11) is 0. The second-order valence-corrected chi connectivity index (χ2v) is 4.84. The Balaban J connectivity index is 1.75. The number of carbonyl (C=O) groups is 1. The maximum absolute atomic E-state index is 11.7. The van der Waals surface area contributed by atoms with E-state index in [9.17, 15) is 4.79 Å². The summed E-state index contributed by atoms with van der Waals surface area (Å²) in [5.41, 5.74) is 2.39. The van der Waals surface area contributed by atoms with Crippen LogP contribution in [0.25, 0.3) is 0 Å². The van der Waals surface area contributed by atoms with E-state index in [4.69, 9.17) is 16.0 Å². The molecule has 0 saturated carbocycles. The van der Waals surface area contributed by atoms with Crippen molar-refractivity contribution in [3.8, 4) is 0 Å². The van der Waals surface area contributed by atoms with Crippen LogP contribution >= 0.6 is 11.6 Å². The lowest BCUT2D eigenvalue weighted by atomic mass is 10.1. The minimum Gasteiger partial charge on any atom is -0.448 e. The highest BCUT2D eigenvalue weighted by Gasteiger charge is 2.04. The molecule has 0 atom stereocenters. The van der Waals surface area contributed by atoms with Gasteiger partial charge in [0.25, 0.3) is 0 Å². The Bertz CT molecular complexity index is 563. The fourth-order valence-electron chi connectivity index (χ4n) is 1.85. The van der Waals surface area contributed by atoms with Gasteiger partial charge in [-0.2, -0.15) is 0 Å². The number of amides is 1. The third-order valence-electron chi connectivity index (χ3n) is 2.81. The van der Waals surface area contributed by atoms with Crippen LogP contribution < -0.4 is 5.32 Å². The van der Waals surface area contributed by atoms with Gasteiger partial charge in [0.1, 0.15) is 5.76 Å². The fourth-order valence-corrected chi connectivity index (χ4v) is 2.01. The maximum atomic E-state index is 11.7. The van der Waals surface area contributed by atoms with Crippen LogP contribution in [-0.4, -0.2) is 5.91 Å². The average Bonchev–Trinajstić information content (AvgIpc) is 2.80. The third kappa shape index (κ3) is 4.45. The molecule has 2 rings (SSSR count). The maximum Gasteiger partial charge on any atom is 0.220 e. The first kappa shape index (κ1) is 13.7. The smallest absolute Gasteiger partial charge is 0.220 e. The molecule has 100 valence electrons. The van der Waals surface area contributed by atoms with Gasteiger partial charge in [-0.05, 0) is 42.6 Å². The summed E-state index contributed by atoms with van der Waals surface area (Å²) >= 11 is 5.65. The molecule has 2 aromatic rings. The molecule has 0 aliphatic rings. The zero-order chi connectivity index (χ0) is 13.7. The van der Waals surface area contributed by atoms with E-state index in [0.717, 1.165) is 6.42 Å². The zero-order valence-electron chi connectivity index (χ0n) is 10.8. The van der Waals surface area contributed by atoms with Crippen molar-refractivity contribution in [2.75, 3.05) is 0 Å². The predicted molar refractivity (Wildman–Crippen MR) is 75.1 cm³/mol. The number of benzene rings is 1. The van der Waals surface area contributed by atoms with Crippen LogP contribution in [0, 0.1) is 6.92 Å². The summed E-state index contributed by atoms with van der Waals surface area (Å²) in [6.07, 6.45) is 1.21. The van der Waals surface area contributed by atoms with Crippen LogP contribution in [0.1, 0.15) is 23.3 Å². The molecule has 4 heteroatoms. The number of rotatable bonds is 5. The molecule has 0 unspecified atom stereocenters. The summed E-state index contributed by atoms with van der Waals surface area (Å²) < 4.78 is 5.16. The van der Waals surface area contributed by atoms with Crippen molar-refractivity contribution in [1.82, 2.24) is 5.32 Å². The summed E-state index contributed by atoms with van der Waals surface area (Å²) in [4.78, 5) is 11.7. The van der Waals surface area contributed by atoms with Gasteiger partial charge in [-0.3, -0.25) is 4.79 Å². The highest BCUT2D eigenvalue weighted by molar-refractivity contribution is 6.28. The van der Waals surface area contributed by atoms with Crippen LogP contribution in [-0.2, 0) is 17.8 Å². The molecule has 19 heavy (non-hydrogen) atoms. The lowest BCUT2D eigenvalue weighted by Gasteiger charge is -2.04. The zero-order valence-corrected chi connectivity index (χ0v) is 11.5. The van der Waals surface area contributed by atoms with Crippen molar-refractivity contribution in [1.29, 1.82) is 0 Å². The molecule has 1 heterocycles. The largest absolute Gasteiger partial charge is 0.448 e. The van der Waals surface area contributed by atoms with Gasteiger partial charge in [0.15, 0.2) is 5.22 Å². The van der Waals surface area contributed by atoms with E-state index in [1.165, 1.54) is 11.1 Å². The summed E-state index contributed by atoms with van der Waals surface area (Å²) in [5, 5.41) is 3.14. The van der Waals surface area contributed by atoms with E-state index in [-0.39, 0.29) is 5.91 Å². The van der Waals surface area contributed by atoms with E-state index in [1.807, 2.05) is 25.1 Å². The molecular formula is C15H16ClNO2. The Morgan fingerprint density at radius 3 is 2.84 bits per heavy atom. The minimum absolute atomic E-state index is 0.00836. The summed E-state index contributed by atoms with van der Waals surface area (Å²) in [6, 6.07) is 11.6. The topological polar surface area (TPSA) is 42.2 Å². The SMILES string of the molecule is Cc1cccc(CCC(=O)NCc2ccc(Cl)o2)c1. The highest BCUT2D eigenvalue weighted by Crippen LogP contribution is 2.12. The monoisotopic (exact) mass is 277 g/mol. The molecular weight excluding hydrogens is 262 g/mol. The minimum atomic E-state index is 0.00836. The first-order chi connectivity index (χ1) is 9.13. The van der Waals surface area contributed by atoms with Crippen molar-refractivity contribution >= 4 is 17.5 Å². The van der Waals surface area contributed by atoms with Crippen molar-refractivity contribution in [2.45, 2.75) is 26.3 Å². The quantitative estimate of drug-likeness (QED) is 0.909. The second-order valence-electron chi connectivity index (χ2n) is 4.47. The normalized spacial score (nSPS) is 10.4. The molecule has 0 aliphatic carbocycles. The number of nitrogens with one attached hydrogen (secondary N) is 1. The first-order valence-corrected chi connectivity index (χ1v) is 6.58. The fraction of sp³-hybridized carbons (Fsp3) is 0.267. The third-order valence-corrected chi connectivity index (χ3v) is 3.02. The number of halogens is 1. The Labute approximate surface area is 117 Å². The van der Waals surface area contributed by atoms with E-state index in [1.54, 1.807) is 12.1 Å². The molecule has 0 spiro atoms. The highest BCUT2D eigenvalue weighted by atomic mass is 35.5. The number of carbonyl (C=O) groups excluding carboxylic acids is 1. The van der Waals surface area contributed by atoms with Gasteiger partial charge in [0.05, 0.1) is 6.54 Å². The Morgan fingerprint density at radius 2 is 2.16 bits per heavy atom. The van der Waals surface area contributed by atoms with Gasteiger partial charge in [-0.1, -0.05) is 29.8 Å². The van der Waals surface area contributed by atoms with Gasteiger partial charge in [0.2, 0.25) is 5.91 Å². The number of hydrogen-bond donors (Lipinski definition) is 1. The number of furan rings is 1. The molecule has 1 N–H and O–H groups in total. The van der Waals surface area contributed by atoms with Crippen LogP contribution in [0.3, 0.4) is 0 Å². The number of hydrogen-bond acceptors (Lipinski definition) is 2. The lowest BCUT2D eigenvalue weighted by Crippen LogP contribution is -2.22. The van der Waals surface area contributed by atoms with Crippen molar-refractivity contribution in [3.05, 3.63) is 58.5 Å². The molecule has 0 saturated heterocycles. The standard InChI is InChI=1S/C15H16ClNO2/c1-11-3-2-4-12(9-11)5-8-15(18)17-10-13-6-7-14(16)19-13/h2-4,6-7,9H,5,8,10H2,1H3,(H,17,18). The Hall–Kier alpha value is -1.74. The van der Waals surface area contributed by atoms with Gasteiger partial charge >= 0.3 is 0 Å². The second kappa shape index (κ2) is 6.43. The molecule has 0 radical (unpaired) electrons. The van der Waals surface area contributed by atoms with Crippen LogP contribution in [0.4, 0.5) is 0 Å². The van der Waals surface area contributed by atoms with E-state index in [0.29, 0.717) is 23.9 Å². The van der Waals surface area contributed by atoms with Crippen LogP contribution in [0.5, 0.6) is 0 Å². The van der Waals surface area contributed by atoms with E-state index >= 15 is 0 Å². The molecule has 0 bridgehead atoms. The average molecular weight is 278 g/mol. The van der Waals surface area contributed by atoms with Gasteiger partial charge in [-0.15, -0.1) is 0 Å². The Kier molecular flexibility index (Phi) is 4.63. The lowest BCUT2D eigenvalue weighted by molar-refractivity contribution is -0.121. The number of aryl methyl sites for hydroxylation is 2. The molecule has 1 aromatic carbocycles. The molecule has 3 nitrogen and oxygen atoms in total. The molecule has 0 fully saturated rings. The summed E-state index contributed by atoms with van der Waals surface area (Å²) in [6.45, 7) is 2.42. The molecule has 1 aromatic heterocycles. The Morgan fingerprint density at radius 1 is 1.32 bits per heavy atom. The van der Waals surface area contributed by atoms with Gasteiger partial charge in [-0.25, -0.2) is 0 Å². The molecule has 1 amide bonds. The van der Waals surface area contributed by atoms with Crippen LogP contribution in [0.2, 0.25) is 5.22 Å². The van der Waals surface area contributed by atoms with Crippen molar-refractivity contribution in [2.24, 2.45) is 0 Å². The van der Waals surface area contributed by atoms with Gasteiger partial charge < -0.3 is 9.73 Å². The van der Waals surface area contributed by atoms with Crippen LogP contribution in [0.15, 0.2) is 40.8 Å². The first-order valence-electron chi connectivity index (χ1n) is 6.20. The van der Waals surface area contributed by atoms with Crippen molar-refractivity contribution < 1.29 is 9.21 Å². The molecule has 0 aliphatic heterocycles. The van der Waals surface area contributed by atoms with Gasteiger partial charge in [0, 0.05) is 6.42 Å². The summed E-state index contributed by atoms with van der Waals surface area (Å²) in [5.74, 6) is 0.669. The van der Waals surface area contributed by atoms with E-state index < -0.39 is 0 Å². The van der Waals surface area contributed by atoms with E-state index in [2.05, 4.69) is 11.4 Å². The predicted octanol–water partition coefficient (Wildman–Crippen LogP) is 3.49.